The fraction of sp³-hybridized carbons (Fsp3) is 0.545. The molecule has 2 aromatic carbocycles. The summed E-state index contributed by atoms with van der Waals surface area (Å²) in [5, 5.41) is 73.8. The van der Waals surface area contributed by atoms with E-state index in [1.807, 2.05) is 0 Å². The molecule has 0 radical (unpaired) electrons. The summed E-state index contributed by atoms with van der Waals surface area (Å²) in [6.45, 7) is 6.01. The second-order valence-corrected chi connectivity index (χ2v) is 17.1. The summed E-state index contributed by atoms with van der Waals surface area (Å²) in [5.74, 6) is -9.50. The number of ether oxygens (including phenoxy) is 2. The lowest BCUT2D eigenvalue weighted by Crippen LogP contribution is -2.62. The van der Waals surface area contributed by atoms with E-state index >= 15 is 0 Å². The van der Waals surface area contributed by atoms with Crippen LogP contribution in [0.2, 0.25) is 0 Å². The average molecular weight is 961 g/mol. The lowest BCUT2D eigenvalue weighted by Gasteiger charge is -2.39. The molecule has 0 unspecified atom stereocenters. The predicted molar refractivity (Wildman–Crippen MR) is 238 cm³/mol. The molecule has 2 aromatic rings. The highest BCUT2D eigenvalue weighted by atomic mass is 16.7. The number of carboxylic acid groups (broad SMARTS) is 1. The molecule has 1 saturated heterocycles. The summed E-state index contributed by atoms with van der Waals surface area (Å²) < 4.78 is 10.6. The van der Waals surface area contributed by atoms with E-state index < -0.39 is 152 Å². The first kappa shape index (κ1) is 56.0. The molecule has 1 heterocycles. The Bertz CT molecular complexity index is 2040. The summed E-state index contributed by atoms with van der Waals surface area (Å²) in [7, 11) is 0. The summed E-state index contributed by atoms with van der Waals surface area (Å²) >= 11 is 0. The van der Waals surface area contributed by atoms with Crippen molar-refractivity contribution in [2.24, 2.45) is 23.3 Å². The van der Waals surface area contributed by atoms with Gasteiger partial charge in [0, 0.05) is 6.42 Å². The molecule has 0 bridgehead atoms. The molecule has 24 heteroatoms. The second-order valence-electron chi connectivity index (χ2n) is 17.1. The fourth-order valence-electron chi connectivity index (χ4n) is 6.80. The smallest absolute Gasteiger partial charge is 0.305 e. The molecule has 24 nitrogen and oxygen atoms in total. The molecular weight excluding hydrogens is 897 g/mol. The van der Waals surface area contributed by atoms with Gasteiger partial charge in [0.05, 0.1) is 25.7 Å². The molecule has 16 N–H and O–H groups in total. The first-order valence-electron chi connectivity index (χ1n) is 21.8. The Morgan fingerprint density at radius 3 is 1.69 bits per heavy atom. The van der Waals surface area contributed by atoms with Crippen LogP contribution in [0.5, 0.6) is 5.75 Å². The number of carboxylic acids is 1. The zero-order valence-electron chi connectivity index (χ0n) is 38.2. The molecule has 376 valence electrons. The van der Waals surface area contributed by atoms with Crippen LogP contribution in [0, 0.1) is 11.8 Å². The van der Waals surface area contributed by atoms with Crippen LogP contribution in [0.1, 0.15) is 52.2 Å². The predicted octanol–water partition coefficient (Wildman–Crippen LogP) is -4.48. The van der Waals surface area contributed by atoms with Crippen LogP contribution >= 0.6 is 0 Å². The van der Waals surface area contributed by atoms with Gasteiger partial charge in [0.1, 0.15) is 66.4 Å². The molecule has 1 aliphatic heterocycles. The van der Waals surface area contributed by atoms with Crippen LogP contribution in [0.15, 0.2) is 54.6 Å². The summed E-state index contributed by atoms with van der Waals surface area (Å²) in [5.41, 5.74) is 12.7. The van der Waals surface area contributed by atoms with Gasteiger partial charge in [0.15, 0.2) is 6.29 Å². The summed E-state index contributed by atoms with van der Waals surface area (Å²) in [6, 6.07) is 4.38. The van der Waals surface area contributed by atoms with Crippen LogP contribution < -0.4 is 43.4 Å². The van der Waals surface area contributed by atoms with E-state index in [0.29, 0.717) is 11.1 Å². The van der Waals surface area contributed by atoms with Gasteiger partial charge in [0.2, 0.25) is 41.4 Å². The number of rotatable bonds is 25. The van der Waals surface area contributed by atoms with E-state index in [2.05, 4.69) is 31.9 Å². The molecule has 0 saturated carbocycles. The minimum absolute atomic E-state index is 0.0215. The van der Waals surface area contributed by atoms with Crippen molar-refractivity contribution in [1.29, 1.82) is 0 Å². The average Bonchev–Trinajstić information content (AvgIpc) is 3.28. The van der Waals surface area contributed by atoms with E-state index in [1.54, 1.807) is 56.3 Å². The molecule has 7 amide bonds. The van der Waals surface area contributed by atoms with Gasteiger partial charge in [-0.2, -0.15) is 0 Å². The number of nitrogens with two attached hydrogens (primary N) is 2. The maximum atomic E-state index is 13.9. The van der Waals surface area contributed by atoms with Crippen molar-refractivity contribution in [3.05, 3.63) is 65.7 Å². The second kappa shape index (κ2) is 26.3. The van der Waals surface area contributed by atoms with Crippen LogP contribution in [-0.2, 0) is 60.7 Å². The van der Waals surface area contributed by atoms with Gasteiger partial charge in [-0.25, -0.2) is 0 Å². The van der Waals surface area contributed by atoms with Gasteiger partial charge >= 0.3 is 5.97 Å². The largest absolute Gasteiger partial charge is 0.508 e. The first-order valence-corrected chi connectivity index (χ1v) is 21.8. The lowest BCUT2D eigenvalue weighted by atomic mass is 9.98. The third-order valence-electron chi connectivity index (χ3n) is 10.8. The zero-order valence-corrected chi connectivity index (χ0v) is 38.2. The Kier molecular flexibility index (Phi) is 21.7. The molecule has 0 aliphatic carbocycles. The fourth-order valence-corrected chi connectivity index (χ4v) is 6.80. The van der Waals surface area contributed by atoms with Crippen molar-refractivity contribution >= 4 is 47.3 Å². The zero-order chi connectivity index (χ0) is 51.0. The number of carbonyl (C=O) groups excluding carboxylic acids is 7. The minimum Gasteiger partial charge on any atom is -0.508 e. The highest BCUT2D eigenvalue weighted by Gasteiger charge is 2.45. The number of amides is 7. The number of benzene rings is 2. The Balaban J connectivity index is 1.74. The molecule has 1 aliphatic rings. The molecule has 68 heavy (non-hydrogen) atoms. The van der Waals surface area contributed by atoms with Crippen LogP contribution in [0.4, 0.5) is 0 Å². The Labute approximate surface area is 391 Å². The third-order valence-corrected chi connectivity index (χ3v) is 10.8. The number of aliphatic carboxylic acids is 1. The number of carbonyl (C=O) groups is 8. The van der Waals surface area contributed by atoms with Crippen LogP contribution in [-0.4, -0.2) is 164 Å². The molecule has 0 aromatic heterocycles. The van der Waals surface area contributed by atoms with Gasteiger partial charge in [0.25, 0.3) is 0 Å². The number of phenols is 1. The number of aliphatic hydroxyl groups is 4. The summed E-state index contributed by atoms with van der Waals surface area (Å²) in [6.07, 6.45) is -9.36. The van der Waals surface area contributed by atoms with Gasteiger partial charge in [-0.05, 0) is 48.4 Å². The van der Waals surface area contributed by atoms with Crippen molar-refractivity contribution in [3.8, 4) is 5.75 Å². The Morgan fingerprint density at radius 2 is 1.15 bits per heavy atom. The standard InChI is InChI=1S/C44H64N8O16/c1-20(2)32(42(65)50-29(37(46)60)19-67-44-36(59)35(58)34(57)30(18-53)68-44)52-43(66)33(21(3)4)51-41(64)28(17-31(55)56)49-40(63)27(16-23-9-7-6-8-10-23)48-38(61)22(5)47-39(62)26(45)15-24-11-13-25(54)14-12-24/h6-14,20-22,26-30,32-36,44,53-54,57-59H,15-19,45H2,1-5H3,(H2,46,60)(H,47,62)(H,48,61)(H,49,63)(H,50,65)(H,51,64)(H,52,66)(H,55,56)/t22-,26+,27+,28+,29+,30-,32+,33+,34-,35+,36-,44-/m1/s1. The number of aliphatic hydroxyl groups excluding tert-OH is 4. The SMILES string of the molecule is CC(C)[C@H](NC(=O)[C@H](CC(=O)O)NC(=O)[C@H](Cc1ccccc1)NC(=O)[C@@H](C)NC(=O)[C@@H](N)Cc1ccc(O)cc1)C(=O)N[C@H](C(=O)N[C@@H](CO[C@@H]1O[C@H](CO)[C@@H](O)[C@H](O)[C@H]1O)C(N)=O)C(C)C. The van der Waals surface area contributed by atoms with Gasteiger partial charge in [-0.1, -0.05) is 70.2 Å². The Morgan fingerprint density at radius 1 is 0.632 bits per heavy atom. The normalized spacial score (nSPS) is 21.1. The highest BCUT2D eigenvalue weighted by Crippen LogP contribution is 2.22. The van der Waals surface area contributed by atoms with Crippen molar-refractivity contribution < 1.29 is 78.5 Å². The summed E-state index contributed by atoms with van der Waals surface area (Å²) in [4.78, 5) is 106. The number of primary amides is 1. The number of aromatic hydroxyl groups is 1. The molecule has 12 atom stereocenters. The third kappa shape index (κ3) is 16.8. The van der Waals surface area contributed by atoms with E-state index in [4.69, 9.17) is 20.9 Å². The highest BCUT2D eigenvalue weighted by molar-refractivity contribution is 5.98. The van der Waals surface area contributed by atoms with Gasteiger partial charge < -0.3 is 83.5 Å². The number of phenolic OH excluding ortho intramolecular Hbond substituents is 1. The number of nitrogens with one attached hydrogen (secondary N) is 6. The van der Waals surface area contributed by atoms with Crippen molar-refractivity contribution in [3.63, 3.8) is 0 Å². The topological polar surface area (TPSA) is 401 Å². The molecule has 3 rings (SSSR count). The van der Waals surface area contributed by atoms with E-state index in [-0.39, 0.29) is 18.6 Å². The van der Waals surface area contributed by atoms with Crippen molar-refractivity contribution in [2.45, 2.75) is 127 Å². The van der Waals surface area contributed by atoms with Crippen LogP contribution in [0.3, 0.4) is 0 Å². The Hall–Kier alpha value is -6.28. The maximum Gasteiger partial charge on any atom is 0.305 e. The van der Waals surface area contributed by atoms with Crippen LogP contribution in [0.25, 0.3) is 0 Å². The lowest BCUT2D eigenvalue weighted by molar-refractivity contribution is -0.301. The van der Waals surface area contributed by atoms with Crippen molar-refractivity contribution in [1.82, 2.24) is 31.9 Å². The van der Waals surface area contributed by atoms with Crippen molar-refractivity contribution in [2.75, 3.05) is 13.2 Å². The van der Waals surface area contributed by atoms with E-state index in [9.17, 15) is 69.0 Å². The van der Waals surface area contributed by atoms with E-state index in [1.165, 1.54) is 32.9 Å². The maximum absolute atomic E-state index is 13.9. The number of hydrogen-bond acceptors (Lipinski definition) is 16. The van der Waals surface area contributed by atoms with E-state index in [0.717, 1.165) is 0 Å². The molecule has 1 fully saturated rings. The minimum atomic E-state index is -1.83. The molecular formula is C44H64N8O16. The van der Waals surface area contributed by atoms with Gasteiger partial charge in [-0.3, -0.25) is 38.4 Å². The molecule has 0 spiro atoms. The monoisotopic (exact) mass is 960 g/mol. The number of hydrogen-bond donors (Lipinski definition) is 14. The van der Waals surface area contributed by atoms with Gasteiger partial charge in [-0.15, -0.1) is 0 Å². The first-order chi connectivity index (χ1) is 31.9. The quantitative estimate of drug-likeness (QED) is 0.0446.